The van der Waals surface area contributed by atoms with E-state index in [1.807, 2.05) is 30.3 Å². The fraction of sp³-hybridized carbons (Fsp3) is 0.0952. The summed E-state index contributed by atoms with van der Waals surface area (Å²) in [7, 11) is 1.25. The summed E-state index contributed by atoms with van der Waals surface area (Å²) in [6, 6.07) is 13.7. The molecule has 0 radical (unpaired) electrons. The summed E-state index contributed by atoms with van der Waals surface area (Å²) >= 11 is 6.61. The lowest BCUT2D eigenvalue weighted by Gasteiger charge is -2.06. The quantitative estimate of drug-likeness (QED) is 0.473. The molecule has 0 aliphatic carbocycles. The van der Waals surface area contributed by atoms with E-state index in [1.54, 1.807) is 10.6 Å². The van der Waals surface area contributed by atoms with Crippen LogP contribution in [0.15, 0.2) is 53.5 Å². The van der Waals surface area contributed by atoms with Crippen LogP contribution in [-0.2, 0) is 16.1 Å². The van der Waals surface area contributed by atoms with E-state index in [2.05, 4.69) is 4.99 Å². The van der Waals surface area contributed by atoms with Gasteiger partial charge in [-0.15, -0.1) is 11.3 Å². The van der Waals surface area contributed by atoms with E-state index in [0.29, 0.717) is 32.2 Å². The van der Waals surface area contributed by atoms with Crippen molar-refractivity contribution in [3.63, 3.8) is 0 Å². The zero-order valence-corrected chi connectivity index (χ0v) is 16.9. The second kappa shape index (κ2) is 7.73. The second-order valence-electron chi connectivity index (χ2n) is 6.30. The van der Waals surface area contributed by atoms with Gasteiger partial charge in [-0.1, -0.05) is 30.3 Å². The summed E-state index contributed by atoms with van der Waals surface area (Å²) in [5, 5.41) is 10.7. The maximum absolute atomic E-state index is 13.8. The SMILES string of the molecule is COC(=O)C1=Nc2ccc(F)cc2/C1=C\c1sc(=S)n(Cc2ccccc2)c1O. The molecule has 1 aliphatic heterocycles. The molecule has 4 rings (SSSR count). The molecule has 0 spiro atoms. The lowest BCUT2D eigenvalue weighted by Crippen LogP contribution is -2.14. The highest BCUT2D eigenvalue weighted by Crippen LogP contribution is 2.39. The highest BCUT2D eigenvalue weighted by molar-refractivity contribution is 7.73. The third-order valence-corrected chi connectivity index (χ3v) is 5.85. The Balaban J connectivity index is 1.80. The Kier molecular flexibility index (Phi) is 5.12. The van der Waals surface area contributed by atoms with Crippen molar-refractivity contribution in [1.82, 2.24) is 4.57 Å². The molecule has 1 N–H and O–H groups in total. The van der Waals surface area contributed by atoms with Crippen molar-refractivity contribution >= 4 is 52.6 Å². The summed E-state index contributed by atoms with van der Waals surface area (Å²) in [5.74, 6) is -1.11. The molecule has 2 heterocycles. The molecule has 1 aliphatic rings. The number of ether oxygens (including phenoxy) is 1. The van der Waals surface area contributed by atoms with Gasteiger partial charge in [0.1, 0.15) is 5.82 Å². The lowest BCUT2D eigenvalue weighted by atomic mass is 10.0. The number of aliphatic imine (C=N–C) groups is 1. The Morgan fingerprint density at radius 3 is 2.79 bits per heavy atom. The van der Waals surface area contributed by atoms with Crippen LogP contribution in [0, 0.1) is 9.77 Å². The van der Waals surface area contributed by atoms with Gasteiger partial charge in [-0.05, 0) is 42.1 Å². The fourth-order valence-electron chi connectivity index (χ4n) is 3.07. The number of halogens is 1. The highest BCUT2D eigenvalue weighted by atomic mass is 32.1. The summed E-state index contributed by atoms with van der Waals surface area (Å²) in [6.45, 7) is 0.411. The molecular formula is C21H15FN2O3S2. The van der Waals surface area contributed by atoms with Gasteiger partial charge < -0.3 is 9.84 Å². The van der Waals surface area contributed by atoms with Crippen LogP contribution in [0.3, 0.4) is 0 Å². The van der Waals surface area contributed by atoms with Crippen molar-refractivity contribution in [3.8, 4) is 5.88 Å². The van der Waals surface area contributed by atoms with Crippen molar-refractivity contribution < 1.29 is 19.0 Å². The fourth-order valence-corrected chi connectivity index (χ4v) is 4.32. The Bertz CT molecular complexity index is 1230. The van der Waals surface area contributed by atoms with Gasteiger partial charge >= 0.3 is 5.97 Å². The second-order valence-corrected chi connectivity index (χ2v) is 7.97. The van der Waals surface area contributed by atoms with Crippen molar-refractivity contribution in [2.75, 3.05) is 7.11 Å². The minimum Gasteiger partial charge on any atom is -0.493 e. The molecule has 0 saturated carbocycles. The molecule has 5 nitrogen and oxygen atoms in total. The first kappa shape index (κ1) is 19.2. The number of thiazole rings is 1. The van der Waals surface area contributed by atoms with E-state index in [0.717, 1.165) is 5.56 Å². The smallest absolute Gasteiger partial charge is 0.357 e. The number of esters is 1. The maximum atomic E-state index is 13.8. The molecule has 0 fully saturated rings. The number of hydrogen-bond donors (Lipinski definition) is 1. The van der Waals surface area contributed by atoms with Gasteiger partial charge in [-0.3, -0.25) is 4.57 Å². The number of rotatable bonds is 4. The van der Waals surface area contributed by atoms with E-state index in [9.17, 15) is 14.3 Å². The number of aromatic nitrogens is 1. The number of fused-ring (bicyclic) bond motifs is 1. The Morgan fingerprint density at radius 1 is 1.31 bits per heavy atom. The van der Waals surface area contributed by atoms with Gasteiger partial charge in [0, 0.05) is 11.1 Å². The van der Waals surface area contributed by atoms with Gasteiger partial charge in [0.25, 0.3) is 0 Å². The number of benzene rings is 2. The zero-order chi connectivity index (χ0) is 20.5. The van der Waals surface area contributed by atoms with Crippen LogP contribution in [0.1, 0.15) is 16.0 Å². The first-order chi connectivity index (χ1) is 14.0. The molecule has 146 valence electrons. The van der Waals surface area contributed by atoms with Crippen LogP contribution >= 0.6 is 23.6 Å². The summed E-state index contributed by atoms with van der Waals surface area (Å²) in [5.41, 5.74) is 2.34. The third-order valence-electron chi connectivity index (χ3n) is 4.47. The number of aromatic hydroxyl groups is 1. The molecule has 2 aromatic carbocycles. The van der Waals surface area contributed by atoms with Crippen molar-refractivity contribution in [1.29, 1.82) is 0 Å². The monoisotopic (exact) mass is 426 g/mol. The molecule has 0 saturated heterocycles. The normalized spacial score (nSPS) is 14.0. The Hall–Kier alpha value is -3.10. The topological polar surface area (TPSA) is 63.8 Å². The maximum Gasteiger partial charge on any atom is 0.357 e. The standard InChI is InChI=1S/C21H15FN2O3S2/c1-27-20(26)18-15(14-9-13(22)7-8-16(14)23-18)10-17-19(25)24(21(28)29-17)11-12-5-3-2-4-6-12/h2-10,25H,11H2,1H3/b15-10+. The van der Waals surface area contributed by atoms with Gasteiger partial charge in [0.2, 0.25) is 5.88 Å². The lowest BCUT2D eigenvalue weighted by molar-refractivity contribution is -0.132. The number of nitrogens with zero attached hydrogens (tertiary/aromatic N) is 2. The molecular weight excluding hydrogens is 411 g/mol. The minimum absolute atomic E-state index is 0.0228. The Morgan fingerprint density at radius 2 is 2.07 bits per heavy atom. The predicted molar refractivity (Wildman–Crippen MR) is 114 cm³/mol. The van der Waals surface area contributed by atoms with E-state index in [4.69, 9.17) is 17.0 Å². The molecule has 8 heteroatoms. The van der Waals surface area contributed by atoms with Crippen molar-refractivity contribution in [3.05, 3.63) is 74.3 Å². The van der Waals surface area contributed by atoms with E-state index in [-0.39, 0.29) is 11.6 Å². The third kappa shape index (κ3) is 3.64. The van der Waals surface area contributed by atoms with Crippen molar-refractivity contribution in [2.24, 2.45) is 4.99 Å². The van der Waals surface area contributed by atoms with Gasteiger partial charge in [-0.25, -0.2) is 14.2 Å². The van der Waals surface area contributed by atoms with Crippen LogP contribution in [-0.4, -0.2) is 28.5 Å². The largest absolute Gasteiger partial charge is 0.493 e. The first-order valence-electron chi connectivity index (χ1n) is 8.63. The number of hydrogen-bond acceptors (Lipinski definition) is 6. The predicted octanol–water partition coefficient (Wildman–Crippen LogP) is 4.97. The van der Waals surface area contributed by atoms with E-state index < -0.39 is 11.8 Å². The summed E-state index contributed by atoms with van der Waals surface area (Å²) in [6.07, 6.45) is 1.60. The van der Waals surface area contributed by atoms with Gasteiger partial charge in [-0.2, -0.15) is 0 Å². The van der Waals surface area contributed by atoms with Crippen LogP contribution in [0.4, 0.5) is 10.1 Å². The number of carbonyl (C=O) groups excluding carboxylic acids is 1. The molecule has 3 aromatic rings. The molecule has 0 unspecified atom stereocenters. The van der Waals surface area contributed by atoms with Crippen LogP contribution in [0.5, 0.6) is 5.88 Å². The van der Waals surface area contributed by atoms with Crippen LogP contribution in [0.25, 0.3) is 11.6 Å². The van der Waals surface area contributed by atoms with Crippen LogP contribution in [0.2, 0.25) is 0 Å². The molecule has 0 bridgehead atoms. The molecule has 0 amide bonds. The summed E-state index contributed by atoms with van der Waals surface area (Å²) in [4.78, 5) is 16.9. The molecule has 29 heavy (non-hydrogen) atoms. The molecule has 0 atom stereocenters. The van der Waals surface area contributed by atoms with Gasteiger partial charge in [0.15, 0.2) is 9.67 Å². The first-order valence-corrected chi connectivity index (χ1v) is 9.86. The highest BCUT2D eigenvalue weighted by Gasteiger charge is 2.28. The number of carbonyl (C=O) groups is 1. The van der Waals surface area contributed by atoms with Crippen molar-refractivity contribution in [2.45, 2.75) is 6.54 Å². The van der Waals surface area contributed by atoms with Gasteiger partial charge in [0.05, 0.1) is 24.2 Å². The average molecular weight is 426 g/mol. The molecule has 1 aromatic heterocycles. The Labute approximate surface area is 175 Å². The van der Waals surface area contributed by atoms with Crippen LogP contribution < -0.4 is 0 Å². The number of methoxy groups -OCH3 is 1. The summed E-state index contributed by atoms with van der Waals surface area (Å²) < 4.78 is 20.7. The van der Waals surface area contributed by atoms with E-state index in [1.165, 1.54) is 36.6 Å². The minimum atomic E-state index is -0.639. The van der Waals surface area contributed by atoms with E-state index >= 15 is 0 Å². The zero-order valence-electron chi connectivity index (χ0n) is 15.3. The average Bonchev–Trinajstić information content (AvgIpc) is 3.20.